The number of hydrogen-bond acceptors (Lipinski definition) is 2. The van der Waals surface area contributed by atoms with Crippen LogP contribution < -0.4 is 5.43 Å². The van der Waals surface area contributed by atoms with Gasteiger partial charge in [-0.15, -0.1) is 0 Å². The maximum atomic E-state index is 12.0. The molecule has 0 saturated carbocycles. The lowest BCUT2D eigenvalue weighted by molar-refractivity contribution is 0.0954. The number of rotatable bonds is 4. The topological polar surface area (TPSA) is 41.5 Å². The van der Waals surface area contributed by atoms with Crippen molar-refractivity contribution in [3.63, 3.8) is 0 Å². The predicted octanol–water partition coefficient (Wildman–Crippen LogP) is 3.71. The summed E-state index contributed by atoms with van der Waals surface area (Å²) < 4.78 is 0. The Labute approximate surface area is 125 Å². The second-order valence-corrected chi connectivity index (χ2v) is 5.06. The van der Waals surface area contributed by atoms with Crippen LogP contribution in [0, 0.1) is 6.92 Å². The second kappa shape index (κ2) is 6.84. The number of hydrazone groups is 1. The number of carbonyl (C=O) groups is 1. The molecular weight excluding hydrogens is 260 g/mol. The molecule has 0 unspecified atom stereocenters. The van der Waals surface area contributed by atoms with Gasteiger partial charge in [0, 0.05) is 5.56 Å². The van der Waals surface area contributed by atoms with Crippen molar-refractivity contribution in [2.45, 2.75) is 27.2 Å². The Morgan fingerprint density at radius 1 is 1.10 bits per heavy atom. The Hall–Kier alpha value is -2.42. The number of nitrogens with one attached hydrogen (secondary N) is 1. The Morgan fingerprint density at radius 3 is 2.43 bits per heavy atom. The van der Waals surface area contributed by atoms with Crippen molar-refractivity contribution in [3.05, 3.63) is 70.8 Å². The van der Waals surface area contributed by atoms with Gasteiger partial charge in [0.15, 0.2) is 0 Å². The van der Waals surface area contributed by atoms with E-state index in [1.54, 1.807) is 6.07 Å². The van der Waals surface area contributed by atoms with Crippen molar-refractivity contribution in [1.29, 1.82) is 0 Å². The Kier molecular flexibility index (Phi) is 4.88. The number of aryl methyl sites for hydroxylation is 2. The summed E-state index contributed by atoms with van der Waals surface area (Å²) in [6.45, 7) is 5.97. The highest BCUT2D eigenvalue weighted by molar-refractivity contribution is 6.00. The van der Waals surface area contributed by atoms with Crippen molar-refractivity contribution in [2.24, 2.45) is 5.10 Å². The third-order valence-electron chi connectivity index (χ3n) is 3.39. The fourth-order valence-corrected chi connectivity index (χ4v) is 2.03. The Balaban J connectivity index is 2.07. The fourth-order valence-electron chi connectivity index (χ4n) is 2.03. The van der Waals surface area contributed by atoms with Crippen LogP contribution >= 0.6 is 0 Å². The summed E-state index contributed by atoms with van der Waals surface area (Å²) in [6, 6.07) is 15.7. The van der Waals surface area contributed by atoms with Crippen molar-refractivity contribution in [1.82, 2.24) is 5.43 Å². The molecule has 0 radical (unpaired) electrons. The van der Waals surface area contributed by atoms with Crippen LogP contribution in [-0.2, 0) is 6.42 Å². The van der Waals surface area contributed by atoms with Crippen LogP contribution in [0.15, 0.2) is 53.6 Å². The zero-order valence-electron chi connectivity index (χ0n) is 12.7. The van der Waals surface area contributed by atoms with Gasteiger partial charge in [-0.1, -0.05) is 48.9 Å². The molecule has 3 heteroatoms. The lowest BCUT2D eigenvalue weighted by atomic mass is 10.1. The first-order chi connectivity index (χ1) is 10.1. The molecule has 1 N–H and O–H groups in total. The summed E-state index contributed by atoms with van der Waals surface area (Å²) in [5, 5.41) is 4.17. The quantitative estimate of drug-likeness (QED) is 0.673. The Bertz CT molecular complexity index is 657. The van der Waals surface area contributed by atoms with Crippen LogP contribution in [0.2, 0.25) is 0 Å². The van der Waals surface area contributed by atoms with Gasteiger partial charge >= 0.3 is 0 Å². The lowest BCUT2D eigenvalue weighted by Gasteiger charge is -2.04. The molecule has 2 rings (SSSR count). The molecule has 0 atom stereocenters. The van der Waals surface area contributed by atoms with E-state index in [1.807, 2.05) is 44.2 Å². The van der Waals surface area contributed by atoms with Gasteiger partial charge in [0.2, 0.25) is 0 Å². The normalized spacial score (nSPS) is 11.3. The first-order valence-electron chi connectivity index (χ1n) is 7.10. The van der Waals surface area contributed by atoms with E-state index >= 15 is 0 Å². The summed E-state index contributed by atoms with van der Waals surface area (Å²) in [4.78, 5) is 12.0. The molecule has 0 fully saturated rings. The van der Waals surface area contributed by atoms with Gasteiger partial charge in [-0.25, -0.2) is 5.43 Å². The van der Waals surface area contributed by atoms with E-state index in [0.29, 0.717) is 5.56 Å². The average molecular weight is 280 g/mol. The lowest BCUT2D eigenvalue weighted by Crippen LogP contribution is -2.19. The summed E-state index contributed by atoms with van der Waals surface area (Å²) in [6.07, 6.45) is 1.01. The first-order valence-corrected chi connectivity index (χ1v) is 7.10. The Morgan fingerprint density at radius 2 is 1.81 bits per heavy atom. The van der Waals surface area contributed by atoms with Crippen molar-refractivity contribution in [3.8, 4) is 0 Å². The van der Waals surface area contributed by atoms with Gasteiger partial charge in [0.05, 0.1) is 5.71 Å². The molecule has 2 aromatic rings. The zero-order chi connectivity index (χ0) is 15.2. The summed E-state index contributed by atoms with van der Waals surface area (Å²) in [5.74, 6) is -0.191. The molecule has 0 aliphatic carbocycles. The van der Waals surface area contributed by atoms with Crippen LogP contribution in [0.1, 0.15) is 40.9 Å². The molecule has 0 heterocycles. The van der Waals surface area contributed by atoms with Crippen LogP contribution in [0.25, 0.3) is 0 Å². The molecule has 3 nitrogen and oxygen atoms in total. The molecular formula is C18H20N2O. The molecule has 0 saturated heterocycles. The van der Waals surface area contributed by atoms with E-state index in [9.17, 15) is 4.79 Å². The van der Waals surface area contributed by atoms with Crippen molar-refractivity contribution in [2.75, 3.05) is 0 Å². The standard InChI is InChI=1S/C18H20N2O/c1-4-15-8-10-16(11-9-15)14(3)19-20-18(21)17-7-5-6-13(2)12-17/h5-12H,4H2,1-3H3,(H,20,21)/b19-14-. The number of hydrogen-bond donors (Lipinski definition) is 1. The average Bonchev–Trinajstić information content (AvgIpc) is 2.52. The number of amides is 1. The molecule has 1 amide bonds. The molecule has 2 aromatic carbocycles. The van der Waals surface area contributed by atoms with Crippen LogP contribution in [0.4, 0.5) is 0 Å². The summed E-state index contributed by atoms with van der Waals surface area (Å²) >= 11 is 0. The van der Waals surface area contributed by atoms with Crippen LogP contribution in [0.5, 0.6) is 0 Å². The highest BCUT2D eigenvalue weighted by atomic mass is 16.2. The minimum atomic E-state index is -0.191. The van der Waals surface area contributed by atoms with Crippen molar-refractivity contribution < 1.29 is 4.79 Å². The van der Waals surface area contributed by atoms with Gasteiger partial charge in [-0.2, -0.15) is 5.10 Å². The van der Waals surface area contributed by atoms with Crippen LogP contribution in [0.3, 0.4) is 0 Å². The molecule has 0 aliphatic rings. The first kappa shape index (κ1) is 15.0. The summed E-state index contributed by atoms with van der Waals surface area (Å²) in [7, 11) is 0. The monoisotopic (exact) mass is 280 g/mol. The molecule has 0 spiro atoms. The van der Waals surface area contributed by atoms with Gasteiger partial charge in [0.1, 0.15) is 0 Å². The van der Waals surface area contributed by atoms with E-state index in [-0.39, 0.29) is 5.91 Å². The highest BCUT2D eigenvalue weighted by Crippen LogP contribution is 2.07. The van der Waals surface area contributed by atoms with E-state index in [1.165, 1.54) is 5.56 Å². The number of nitrogens with zero attached hydrogens (tertiary/aromatic N) is 1. The molecule has 108 valence electrons. The molecule has 0 aromatic heterocycles. The fraction of sp³-hybridized carbons (Fsp3) is 0.222. The smallest absolute Gasteiger partial charge is 0.267 e. The summed E-state index contributed by atoms with van der Waals surface area (Å²) in [5.41, 5.74) is 7.36. The second-order valence-electron chi connectivity index (χ2n) is 5.06. The van der Waals surface area contributed by atoms with E-state index in [0.717, 1.165) is 23.3 Å². The number of benzene rings is 2. The zero-order valence-corrected chi connectivity index (χ0v) is 12.7. The van der Waals surface area contributed by atoms with Gasteiger partial charge < -0.3 is 0 Å². The van der Waals surface area contributed by atoms with Gasteiger partial charge in [0.25, 0.3) is 5.91 Å². The minimum absolute atomic E-state index is 0.191. The van der Waals surface area contributed by atoms with E-state index < -0.39 is 0 Å². The third-order valence-corrected chi connectivity index (χ3v) is 3.39. The van der Waals surface area contributed by atoms with Crippen molar-refractivity contribution >= 4 is 11.6 Å². The molecule has 0 aliphatic heterocycles. The van der Waals surface area contributed by atoms with E-state index in [4.69, 9.17) is 0 Å². The largest absolute Gasteiger partial charge is 0.271 e. The predicted molar refractivity (Wildman–Crippen MR) is 86.7 cm³/mol. The molecule has 21 heavy (non-hydrogen) atoms. The van der Waals surface area contributed by atoms with Gasteiger partial charge in [-0.3, -0.25) is 4.79 Å². The highest BCUT2D eigenvalue weighted by Gasteiger charge is 2.04. The SMILES string of the molecule is CCc1ccc(/C(C)=N\NC(=O)c2cccc(C)c2)cc1. The van der Waals surface area contributed by atoms with Crippen LogP contribution in [-0.4, -0.2) is 11.6 Å². The minimum Gasteiger partial charge on any atom is -0.267 e. The van der Waals surface area contributed by atoms with E-state index in [2.05, 4.69) is 29.6 Å². The number of carbonyl (C=O) groups excluding carboxylic acids is 1. The maximum Gasteiger partial charge on any atom is 0.271 e. The third kappa shape index (κ3) is 4.02. The van der Waals surface area contributed by atoms with Gasteiger partial charge in [-0.05, 0) is 43.5 Å². The molecule has 0 bridgehead atoms. The maximum absolute atomic E-state index is 12.0.